The number of carboxylic acid groups (broad SMARTS) is 1. The van der Waals surface area contributed by atoms with Crippen molar-refractivity contribution in [3.8, 4) is 0 Å². The average molecular weight is 273 g/mol. The molecule has 0 saturated carbocycles. The second-order valence-electron chi connectivity index (χ2n) is 4.52. The highest BCUT2D eigenvalue weighted by atomic mass is 16.4. The van der Waals surface area contributed by atoms with Gasteiger partial charge < -0.3 is 16.2 Å². The zero-order chi connectivity index (χ0) is 14.7. The van der Waals surface area contributed by atoms with Crippen LogP contribution in [-0.4, -0.2) is 28.0 Å². The minimum absolute atomic E-state index is 0.276. The molecule has 1 aromatic heterocycles. The Bertz CT molecular complexity index is 670. The van der Waals surface area contributed by atoms with Gasteiger partial charge in [0, 0.05) is 5.39 Å². The highest BCUT2D eigenvalue weighted by Gasteiger charge is 2.20. The van der Waals surface area contributed by atoms with E-state index in [1.165, 1.54) is 0 Å². The molecule has 2 rings (SSSR count). The molecular formula is C14H15N3O3. The first kappa shape index (κ1) is 13.8. The highest BCUT2D eigenvalue weighted by Crippen LogP contribution is 2.21. The van der Waals surface area contributed by atoms with Gasteiger partial charge in [-0.3, -0.25) is 9.78 Å². The van der Waals surface area contributed by atoms with Gasteiger partial charge in [0.2, 0.25) is 5.91 Å². The molecule has 0 bridgehead atoms. The quantitative estimate of drug-likeness (QED) is 0.761. The molecule has 1 atom stereocenters. The van der Waals surface area contributed by atoms with Gasteiger partial charge in [0.25, 0.3) is 0 Å². The van der Waals surface area contributed by atoms with E-state index in [9.17, 15) is 9.59 Å². The van der Waals surface area contributed by atoms with E-state index in [0.717, 1.165) is 10.9 Å². The molecule has 0 radical (unpaired) electrons. The van der Waals surface area contributed by atoms with Gasteiger partial charge in [-0.1, -0.05) is 18.2 Å². The van der Waals surface area contributed by atoms with Gasteiger partial charge in [0.1, 0.15) is 6.04 Å². The van der Waals surface area contributed by atoms with E-state index in [-0.39, 0.29) is 6.42 Å². The van der Waals surface area contributed by atoms with Crippen LogP contribution in [-0.2, 0) is 9.59 Å². The monoisotopic (exact) mass is 273 g/mol. The van der Waals surface area contributed by atoms with Gasteiger partial charge >= 0.3 is 5.97 Å². The van der Waals surface area contributed by atoms with Crippen LogP contribution in [0.1, 0.15) is 12.1 Å². The molecule has 0 aliphatic carbocycles. The predicted molar refractivity (Wildman–Crippen MR) is 75.3 cm³/mol. The van der Waals surface area contributed by atoms with E-state index in [4.69, 9.17) is 10.8 Å². The van der Waals surface area contributed by atoms with Gasteiger partial charge in [0.15, 0.2) is 0 Å². The number of para-hydroxylation sites is 1. The number of fused-ring (bicyclic) bond motifs is 1. The number of carbonyl (C=O) groups excluding carboxylic acids is 1. The summed E-state index contributed by atoms with van der Waals surface area (Å²) in [7, 11) is 0. The molecule has 0 aliphatic rings. The van der Waals surface area contributed by atoms with Crippen LogP contribution in [0.3, 0.4) is 0 Å². The lowest BCUT2D eigenvalue weighted by Crippen LogP contribution is -2.34. The fraction of sp³-hybridized carbons (Fsp3) is 0.214. The smallest absolute Gasteiger partial charge is 0.326 e. The van der Waals surface area contributed by atoms with Crippen molar-refractivity contribution in [1.29, 1.82) is 0 Å². The van der Waals surface area contributed by atoms with E-state index in [1.807, 2.05) is 30.3 Å². The largest absolute Gasteiger partial charge is 0.480 e. The average Bonchev–Trinajstić information content (AvgIpc) is 2.38. The molecule has 2 aromatic rings. The van der Waals surface area contributed by atoms with E-state index in [2.05, 4.69) is 10.3 Å². The Kier molecular flexibility index (Phi) is 3.84. The van der Waals surface area contributed by atoms with E-state index < -0.39 is 17.9 Å². The fourth-order valence-electron chi connectivity index (χ4n) is 1.95. The Hall–Kier alpha value is -2.63. The minimum Gasteiger partial charge on any atom is -0.480 e. The van der Waals surface area contributed by atoms with Crippen molar-refractivity contribution in [3.63, 3.8) is 0 Å². The number of carbonyl (C=O) groups is 2. The predicted octanol–water partition coefficient (Wildman–Crippen LogP) is 1.28. The number of nitrogens with zero attached hydrogens (tertiary/aromatic N) is 1. The van der Waals surface area contributed by atoms with Crippen molar-refractivity contribution >= 4 is 28.5 Å². The Morgan fingerprint density at radius 2 is 2.10 bits per heavy atom. The Morgan fingerprint density at radius 1 is 1.40 bits per heavy atom. The van der Waals surface area contributed by atoms with Gasteiger partial charge in [-0.05, 0) is 19.1 Å². The number of amides is 1. The molecule has 20 heavy (non-hydrogen) atoms. The zero-order valence-electron chi connectivity index (χ0n) is 11.0. The van der Waals surface area contributed by atoms with Crippen molar-refractivity contribution in [2.75, 3.05) is 5.32 Å². The topological polar surface area (TPSA) is 105 Å². The number of nitrogens with one attached hydrogen (secondary N) is 1. The number of anilines is 1. The van der Waals surface area contributed by atoms with Crippen LogP contribution in [0, 0.1) is 6.92 Å². The highest BCUT2D eigenvalue weighted by molar-refractivity contribution is 5.87. The molecule has 6 heteroatoms. The summed E-state index contributed by atoms with van der Waals surface area (Å²) >= 11 is 0. The number of rotatable bonds is 5. The van der Waals surface area contributed by atoms with Crippen LogP contribution >= 0.6 is 0 Å². The first-order valence-corrected chi connectivity index (χ1v) is 6.11. The third-order valence-corrected chi connectivity index (χ3v) is 2.95. The molecule has 0 unspecified atom stereocenters. The third-order valence-electron chi connectivity index (χ3n) is 2.95. The van der Waals surface area contributed by atoms with Gasteiger partial charge in [-0.2, -0.15) is 0 Å². The van der Waals surface area contributed by atoms with Crippen molar-refractivity contribution in [2.45, 2.75) is 19.4 Å². The molecular weight excluding hydrogens is 258 g/mol. The Balaban J connectivity index is 2.34. The maximum atomic E-state index is 11.1. The summed E-state index contributed by atoms with van der Waals surface area (Å²) < 4.78 is 0. The van der Waals surface area contributed by atoms with Crippen molar-refractivity contribution in [2.24, 2.45) is 5.73 Å². The van der Waals surface area contributed by atoms with Crippen LogP contribution in [0.5, 0.6) is 0 Å². The lowest BCUT2D eigenvalue weighted by Gasteiger charge is -2.16. The molecule has 0 fully saturated rings. The molecule has 4 N–H and O–H groups in total. The van der Waals surface area contributed by atoms with E-state index >= 15 is 0 Å². The lowest BCUT2D eigenvalue weighted by atomic mass is 10.1. The van der Waals surface area contributed by atoms with Gasteiger partial charge in [-0.25, -0.2) is 4.79 Å². The number of benzene rings is 1. The fourth-order valence-corrected chi connectivity index (χ4v) is 1.95. The van der Waals surface area contributed by atoms with Crippen LogP contribution in [0.15, 0.2) is 30.3 Å². The number of hydrogen-bond acceptors (Lipinski definition) is 4. The van der Waals surface area contributed by atoms with Crippen molar-refractivity contribution < 1.29 is 14.7 Å². The van der Waals surface area contributed by atoms with E-state index in [0.29, 0.717) is 11.4 Å². The van der Waals surface area contributed by atoms with Gasteiger partial charge in [-0.15, -0.1) is 0 Å². The second-order valence-corrected chi connectivity index (χ2v) is 4.52. The van der Waals surface area contributed by atoms with E-state index in [1.54, 1.807) is 6.92 Å². The lowest BCUT2D eigenvalue weighted by molar-refractivity contribution is -0.139. The molecule has 1 aromatic carbocycles. The number of primary amides is 1. The van der Waals surface area contributed by atoms with Crippen LogP contribution in [0.25, 0.3) is 10.9 Å². The maximum absolute atomic E-state index is 11.1. The summed E-state index contributed by atoms with van der Waals surface area (Å²) in [5, 5.41) is 12.8. The van der Waals surface area contributed by atoms with Gasteiger partial charge in [0.05, 0.1) is 23.3 Å². The second kappa shape index (κ2) is 5.56. The molecule has 1 amide bonds. The molecule has 1 heterocycles. The summed E-state index contributed by atoms with van der Waals surface area (Å²) in [5.41, 5.74) is 7.13. The number of aliphatic carboxylic acids is 1. The summed E-state index contributed by atoms with van der Waals surface area (Å²) in [5.74, 6) is -1.80. The number of aryl methyl sites for hydroxylation is 1. The molecule has 0 aliphatic heterocycles. The van der Waals surface area contributed by atoms with Crippen LogP contribution in [0.2, 0.25) is 0 Å². The molecule has 0 saturated heterocycles. The number of hydrogen-bond donors (Lipinski definition) is 3. The first-order chi connectivity index (χ1) is 9.47. The van der Waals surface area contributed by atoms with Crippen molar-refractivity contribution in [3.05, 3.63) is 36.0 Å². The Labute approximate surface area is 115 Å². The zero-order valence-corrected chi connectivity index (χ0v) is 11.0. The third kappa shape index (κ3) is 3.03. The van der Waals surface area contributed by atoms with Crippen LogP contribution < -0.4 is 11.1 Å². The summed E-state index contributed by atoms with van der Waals surface area (Å²) in [6.07, 6.45) is -0.276. The SMILES string of the molecule is Cc1nc2ccccc2cc1N[C@@H](CC(N)=O)C(=O)O. The number of carboxylic acids is 1. The number of aromatic nitrogens is 1. The standard InChI is InChI=1S/C14H15N3O3/c1-8-11(17-12(14(19)20)7-13(15)18)6-9-4-2-3-5-10(9)16-8/h2-6,12,17H,7H2,1H3,(H2,15,18)(H,19,20)/t12-/m0/s1. The maximum Gasteiger partial charge on any atom is 0.326 e. The van der Waals surface area contributed by atoms with Crippen molar-refractivity contribution in [1.82, 2.24) is 4.98 Å². The Morgan fingerprint density at radius 3 is 2.75 bits per heavy atom. The normalized spacial score (nSPS) is 12.1. The minimum atomic E-state index is -1.13. The summed E-state index contributed by atoms with van der Waals surface area (Å²) in [6.45, 7) is 1.78. The molecule has 6 nitrogen and oxygen atoms in total. The number of pyridine rings is 1. The summed E-state index contributed by atoms with van der Waals surface area (Å²) in [6, 6.07) is 8.28. The number of nitrogens with two attached hydrogens (primary N) is 1. The summed E-state index contributed by atoms with van der Waals surface area (Å²) in [4.78, 5) is 26.4. The first-order valence-electron chi connectivity index (χ1n) is 6.11. The molecule has 0 spiro atoms. The molecule has 104 valence electrons. The van der Waals surface area contributed by atoms with Crippen LogP contribution in [0.4, 0.5) is 5.69 Å².